The molecule has 0 bridgehead atoms. The highest BCUT2D eigenvalue weighted by Gasteiger charge is 2.33. The summed E-state index contributed by atoms with van der Waals surface area (Å²) >= 11 is 1.01. The van der Waals surface area contributed by atoms with E-state index in [1.165, 1.54) is 19.3 Å². The molecule has 0 amide bonds. The lowest BCUT2D eigenvalue weighted by molar-refractivity contribution is -0.140. The lowest BCUT2D eigenvalue weighted by atomic mass is 9.86. The molecule has 9 heteroatoms. The number of rotatable bonds is 5. The predicted octanol–water partition coefficient (Wildman–Crippen LogP) is 3.03. The fourth-order valence-electron chi connectivity index (χ4n) is 1.81. The summed E-state index contributed by atoms with van der Waals surface area (Å²) in [4.78, 5) is 7.76. The van der Waals surface area contributed by atoms with E-state index < -0.39 is 11.9 Å². The molecule has 0 aromatic carbocycles. The molecule has 1 aromatic heterocycles. The number of thiazole rings is 1. The van der Waals surface area contributed by atoms with Gasteiger partial charge < -0.3 is 11.1 Å². The van der Waals surface area contributed by atoms with Gasteiger partial charge in [0.15, 0.2) is 11.7 Å². The summed E-state index contributed by atoms with van der Waals surface area (Å²) in [6, 6.07) is 0. The summed E-state index contributed by atoms with van der Waals surface area (Å²) in [6.07, 6.45) is -0.294. The summed E-state index contributed by atoms with van der Waals surface area (Å²) in [7, 11) is 0. The molecule has 1 aliphatic rings. The lowest BCUT2D eigenvalue weighted by Crippen LogP contribution is -2.34. The van der Waals surface area contributed by atoms with Crippen molar-refractivity contribution >= 4 is 41.3 Å². The van der Waals surface area contributed by atoms with E-state index in [4.69, 9.17) is 5.73 Å². The SMILES string of the molecule is I.NC(=NCC1CCC1)NCCc1nc(C(F)(F)F)cs1. The zero-order chi connectivity index (χ0) is 14.6. The Kier molecular flexibility index (Phi) is 7.17. The second-order valence-corrected chi connectivity index (χ2v) is 5.77. The van der Waals surface area contributed by atoms with Gasteiger partial charge in [-0.25, -0.2) is 4.98 Å². The molecule has 1 heterocycles. The summed E-state index contributed by atoms with van der Waals surface area (Å²) < 4.78 is 37.1. The Balaban J connectivity index is 0.00000220. The molecule has 0 unspecified atom stereocenters. The van der Waals surface area contributed by atoms with Crippen LogP contribution in [-0.2, 0) is 12.6 Å². The normalized spacial score (nSPS) is 16.2. The summed E-state index contributed by atoms with van der Waals surface area (Å²) in [5.74, 6) is 0.994. The number of guanidine groups is 1. The van der Waals surface area contributed by atoms with Crippen LogP contribution in [0.3, 0.4) is 0 Å². The Hall–Kier alpha value is -0.580. The first-order chi connectivity index (χ1) is 9.45. The van der Waals surface area contributed by atoms with E-state index >= 15 is 0 Å². The molecule has 120 valence electrons. The molecule has 1 aromatic rings. The third-order valence-electron chi connectivity index (χ3n) is 3.23. The molecule has 1 aliphatic carbocycles. The molecule has 21 heavy (non-hydrogen) atoms. The molecule has 0 atom stereocenters. The second kappa shape index (κ2) is 8.16. The molecular formula is C12H18F3IN4S. The van der Waals surface area contributed by atoms with Crippen molar-refractivity contribution in [3.63, 3.8) is 0 Å². The van der Waals surface area contributed by atoms with Crippen LogP contribution in [0.15, 0.2) is 10.4 Å². The van der Waals surface area contributed by atoms with E-state index in [9.17, 15) is 13.2 Å². The van der Waals surface area contributed by atoms with Gasteiger partial charge in [-0.2, -0.15) is 13.2 Å². The number of aromatic nitrogens is 1. The molecule has 1 fully saturated rings. The number of halogens is 4. The third kappa shape index (κ3) is 5.97. The van der Waals surface area contributed by atoms with Gasteiger partial charge in [0, 0.05) is 24.9 Å². The molecule has 1 saturated carbocycles. The fraction of sp³-hybridized carbons (Fsp3) is 0.667. The van der Waals surface area contributed by atoms with Crippen molar-refractivity contribution in [2.24, 2.45) is 16.6 Å². The van der Waals surface area contributed by atoms with Crippen molar-refractivity contribution in [1.82, 2.24) is 10.3 Å². The van der Waals surface area contributed by atoms with Crippen LogP contribution < -0.4 is 11.1 Å². The number of nitrogens with zero attached hydrogens (tertiary/aromatic N) is 2. The van der Waals surface area contributed by atoms with Crippen molar-refractivity contribution in [1.29, 1.82) is 0 Å². The minimum atomic E-state index is -4.37. The van der Waals surface area contributed by atoms with Crippen LogP contribution >= 0.6 is 35.3 Å². The molecule has 2 rings (SSSR count). The van der Waals surface area contributed by atoms with Gasteiger partial charge in [-0.3, -0.25) is 4.99 Å². The Morgan fingerprint density at radius 2 is 2.19 bits per heavy atom. The number of aliphatic imine (C=N–C) groups is 1. The van der Waals surface area contributed by atoms with Crippen LogP contribution in [0, 0.1) is 5.92 Å². The van der Waals surface area contributed by atoms with Gasteiger partial charge in [0.1, 0.15) is 0 Å². The number of hydrogen-bond acceptors (Lipinski definition) is 3. The first kappa shape index (κ1) is 18.5. The Bertz CT molecular complexity index is 471. The van der Waals surface area contributed by atoms with Crippen molar-refractivity contribution < 1.29 is 13.2 Å². The van der Waals surface area contributed by atoms with Crippen molar-refractivity contribution in [2.45, 2.75) is 31.9 Å². The van der Waals surface area contributed by atoms with E-state index in [1.54, 1.807) is 0 Å². The summed E-state index contributed by atoms with van der Waals surface area (Å²) in [6.45, 7) is 1.17. The number of alkyl halides is 3. The predicted molar refractivity (Wildman–Crippen MR) is 88.1 cm³/mol. The number of nitrogens with two attached hydrogens (primary N) is 1. The topological polar surface area (TPSA) is 63.3 Å². The maximum atomic E-state index is 12.4. The average molecular weight is 434 g/mol. The zero-order valence-corrected chi connectivity index (χ0v) is 14.5. The van der Waals surface area contributed by atoms with Gasteiger partial charge in [-0.05, 0) is 18.8 Å². The fourth-order valence-corrected chi connectivity index (χ4v) is 2.62. The molecule has 0 aliphatic heterocycles. The van der Waals surface area contributed by atoms with E-state index in [1.807, 2.05) is 0 Å². The highest BCUT2D eigenvalue weighted by Crippen LogP contribution is 2.30. The van der Waals surface area contributed by atoms with Crippen LogP contribution in [0.5, 0.6) is 0 Å². The average Bonchev–Trinajstić information content (AvgIpc) is 2.75. The Morgan fingerprint density at radius 1 is 1.48 bits per heavy atom. The number of hydrogen-bond donors (Lipinski definition) is 2. The van der Waals surface area contributed by atoms with Crippen molar-refractivity contribution in [3.8, 4) is 0 Å². The van der Waals surface area contributed by atoms with E-state index in [-0.39, 0.29) is 24.0 Å². The van der Waals surface area contributed by atoms with Gasteiger partial charge in [0.25, 0.3) is 0 Å². The van der Waals surface area contributed by atoms with Crippen LogP contribution in [0.4, 0.5) is 13.2 Å². The minimum Gasteiger partial charge on any atom is -0.370 e. The first-order valence-electron chi connectivity index (χ1n) is 6.50. The van der Waals surface area contributed by atoms with Crippen LogP contribution in [0.1, 0.15) is 30.0 Å². The maximum Gasteiger partial charge on any atom is 0.434 e. The van der Waals surface area contributed by atoms with E-state index in [0.717, 1.165) is 23.3 Å². The second-order valence-electron chi connectivity index (χ2n) is 4.82. The van der Waals surface area contributed by atoms with Gasteiger partial charge >= 0.3 is 6.18 Å². The van der Waals surface area contributed by atoms with Crippen molar-refractivity contribution in [3.05, 3.63) is 16.1 Å². The monoisotopic (exact) mass is 434 g/mol. The summed E-state index contributed by atoms with van der Waals surface area (Å²) in [5.41, 5.74) is 4.85. The van der Waals surface area contributed by atoms with E-state index in [0.29, 0.717) is 29.9 Å². The third-order valence-corrected chi connectivity index (χ3v) is 4.14. The number of nitrogens with one attached hydrogen (secondary N) is 1. The van der Waals surface area contributed by atoms with Crippen LogP contribution in [0.2, 0.25) is 0 Å². The zero-order valence-electron chi connectivity index (χ0n) is 11.3. The highest BCUT2D eigenvalue weighted by atomic mass is 127. The molecule has 3 N–H and O–H groups in total. The standard InChI is InChI=1S/C12H17F3N4S.HI/c13-12(14,15)9-7-20-10(19-9)4-5-17-11(16)18-6-8-2-1-3-8;/h7-8H,1-6H2,(H3,16,17,18);1H. The maximum absolute atomic E-state index is 12.4. The van der Waals surface area contributed by atoms with Crippen LogP contribution in [-0.4, -0.2) is 24.0 Å². The molecule has 0 spiro atoms. The quantitative estimate of drug-likeness (QED) is 0.426. The van der Waals surface area contributed by atoms with Gasteiger partial charge in [0.05, 0.1) is 5.01 Å². The van der Waals surface area contributed by atoms with Gasteiger partial charge in [0.2, 0.25) is 0 Å². The minimum absolute atomic E-state index is 0. The van der Waals surface area contributed by atoms with Gasteiger partial charge in [-0.15, -0.1) is 35.3 Å². The first-order valence-corrected chi connectivity index (χ1v) is 7.38. The van der Waals surface area contributed by atoms with Crippen molar-refractivity contribution in [2.75, 3.05) is 13.1 Å². The molecule has 4 nitrogen and oxygen atoms in total. The van der Waals surface area contributed by atoms with E-state index in [2.05, 4.69) is 15.3 Å². The lowest BCUT2D eigenvalue weighted by Gasteiger charge is -2.23. The Labute approximate surface area is 142 Å². The van der Waals surface area contributed by atoms with Crippen LogP contribution in [0.25, 0.3) is 0 Å². The molecular weight excluding hydrogens is 416 g/mol. The largest absolute Gasteiger partial charge is 0.434 e. The smallest absolute Gasteiger partial charge is 0.370 e. The molecule has 0 radical (unpaired) electrons. The Morgan fingerprint density at radius 3 is 2.71 bits per heavy atom. The highest BCUT2D eigenvalue weighted by molar-refractivity contribution is 14.0. The summed E-state index contributed by atoms with van der Waals surface area (Å²) in [5, 5.41) is 4.37. The molecule has 0 saturated heterocycles. The van der Waals surface area contributed by atoms with Gasteiger partial charge in [-0.1, -0.05) is 6.42 Å².